The van der Waals surface area contributed by atoms with E-state index in [9.17, 15) is 8.42 Å². The molecule has 0 heterocycles. The van der Waals surface area contributed by atoms with Crippen LogP contribution in [0.25, 0.3) is 0 Å². The van der Waals surface area contributed by atoms with Crippen molar-refractivity contribution in [3.05, 3.63) is 29.8 Å². The summed E-state index contributed by atoms with van der Waals surface area (Å²) in [5.74, 6) is 0. The monoisotopic (exact) mass is 313 g/mol. The molecule has 120 valence electrons. The minimum absolute atomic E-state index is 0.343. The molecule has 0 bridgehead atoms. The first-order valence-electron chi connectivity index (χ1n) is 7.80. The normalized spacial score (nSPS) is 12.6. The van der Waals surface area contributed by atoms with Gasteiger partial charge in [-0.15, -0.1) is 0 Å². The number of nitrogens with one attached hydrogen (secondary N) is 1. The van der Waals surface area contributed by atoms with E-state index < -0.39 is 10.0 Å². The molecular weight excluding hydrogens is 284 g/mol. The van der Waals surface area contributed by atoms with Gasteiger partial charge in [0.1, 0.15) is 0 Å². The predicted molar refractivity (Wildman–Crippen MR) is 87.7 cm³/mol. The third-order valence-corrected chi connectivity index (χ3v) is 5.92. The average Bonchev–Trinajstić information content (AvgIpc) is 2.49. The second-order valence-electron chi connectivity index (χ2n) is 5.58. The third-order valence-electron chi connectivity index (χ3n) is 4.45. The molecule has 0 saturated heterocycles. The summed E-state index contributed by atoms with van der Waals surface area (Å²) in [5.41, 5.74) is 1.06. The van der Waals surface area contributed by atoms with E-state index >= 15 is 0 Å². The number of rotatable bonds is 9. The summed E-state index contributed by atoms with van der Waals surface area (Å²) in [6.07, 6.45) is 0.862. The predicted octanol–water partition coefficient (Wildman–Crippen LogP) is 2.54. The van der Waals surface area contributed by atoms with E-state index in [2.05, 4.69) is 25.5 Å². The SMILES string of the molecule is CC[N+](CC)(CC)CCCNS(=O)(=O)c1ccc(C)cc1. The molecule has 1 aromatic carbocycles. The van der Waals surface area contributed by atoms with Crippen molar-refractivity contribution in [2.24, 2.45) is 0 Å². The Balaban J connectivity index is 2.53. The van der Waals surface area contributed by atoms with Crippen LogP contribution < -0.4 is 4.72 Å². The first kappa shape index (κ1) is 18.1. The van der Waals surface area contributed by atoms with E-state index in [0.29, 0.717) is 11.4 Å². The standard InChI is InChI=1S/C16H29N2O2S/c1-5-18(6-2,7-3)14-8-13-17-21(19,20)16-11-9-15(4)10-12-16/h9-12,17H,5-8,13-14H2,1-4H3/q+1. The van der Waals surface area contributed by atoms with Gasteiger partial charge in [0.25, 0.3) is 0 Å². The van der Waals surface area contributed by atoms with Crippen LogP contribution in [-0.4, -0.2) is 45.6 Å². The largest absolute Gasteiger partial charge is 0.324 e. The number of aryl methyl sites for hydroxylation is 1. The molecule has 1 rings (SSSR count). The zero-order chi connectivity index (χ0) is 15.9. The van der Waals surface area contributed by atoms with Crippen LogP contribution >= 0.6 is 0 Å². The fourth-order valence-electron chi connectivity index (χ4n) is 2.57. The Morgan fingerprint density at radius 2 is 1.52 bits per heavy atom. The van der Waals surface area contributed by atoms with Crippen molar-refractivity contribution < 1.29 is 12.9 Å². The molecule has 5 heteroatoms. The summed E-state index contributed by atoms with van der Waals surface area (Å²) < 4.78 is 28.1. The fraction of sp³-hybridized carbons (Fsp3) is 0.625. The molecule has 0 aliphatic rings. The van der Waals surface area contributed by atoms with E-state index in [-0.39, 0.29) is 0 Å². The highest BCUT2D eigenvalue weighted by molar-refractivity contribution is 7.89. The first-order chi connectivity index (χ1) is 9.89. The lowest BCUT2D eigenvalue weighted by Gasteiger charge is -2.35. The minimum Gasteiger partial charge on any atom is -0.324 e. The van der Waals surface area contributed by atoms with Gasteiger partial charge in [-0.1, -0.05) is 17.7 Å². The number of sulfonamides is 1. The van der Waals surface area contributed by atoms with E-state index in [1.54, 1.807) is 12.1 Å². The van der Waals surface area contributed by atoms with Crippen LogP contribution in [0, 0.1) is 6.92 Å². The number of nitrogens with zero attached hydrogens (tertiary/aromatic N) is 1. The van der Waals surface area contributed by atoms with E-state index in [1.165, 1.54) is 0 Å². The zero-order valence-corrected chi connectivity index (χ0v) is 14.5. The van der Waals surface area contributed by atoms with Crippen molar-refractivity contribution in [1.82, 2.24) is 4.72 Å². The van der Waals surface area contributed by atoms with E-state index in [0.717, 1.165) is 42.6 Å². The van der Waals surface area contributed by atoms with Gasteiger partial charge in [0, 0.05) is 13.0 Å². The van der Waals surface area contributed by atoms with Crippen molar-refractivity contribution in [3.63, 3.8) is 0 Å². The molecule has 21 heavy (non-hydrogen) atoms. The number of benzene rings is 1. The Hall–Kier alpha value is -0.910. The lowest BCUT2D eigenvalue weighted by atomic mass is 10.2. The Morgan fingerprint density at radius 1 is 1.00 bits per heavy atom. The summed E-state index contributed by atoms with van der Waals surface area (Å²) in [7, 11) is -3.37. The van der Waals surface area contributed by atoms with Crippen molar-refractivity contribution >= 4 is 10.0 Å². The Morgan fingerprint density at radius 3 is 2.00 bits per heavy atom. The van der Waals surface area contributed by atoms with Crippen LogP contribution in [0.5, 0.6) is 0 Å². The van der Waals surface area contributed by atoms with Gasteiger partial charge in [0.2, 0.25) is 10.0 Å². The molecule has 1 N–H and O–H groups in total. The highest BCUT2D eigenvalue weighted by Crippen LogP contribution is 2.10. The van der Waals surface area contributed by atoms with Crippen LogP contribution in [0.15, 0.2) is 29.2 Å². The van der Waals surface area contributed by atoms with Crippen molar-refractivity contribution in [1.29, 1.82) is 0 Å². The van der Waals surface area contributed by atoms with Gasteiger partial charge in [-0.05, 0) is 39.8 Å². The number of hydrogen-bond donors (Lipinski definition) is 1. The number of hydrogen-bond acceptors (Lipinski definition) is 2. The minimum atomic E-state index is -3.37. The topological polar surface area (TPSA) is 46.2 Å². The molecule has 0 radical (unpaired) electrons. The second-order valence-corrected chi connectivity index (χ2v) is 7.35. The average molecular weight is 313 g/mol. The molecule has 0 saturated carbocycles. The van der Waals surface area contributed by atoms with Crippen LogP contribution in [-0.2, 0) is 10.0 Å². The molecular formula is C16H29N2O2S+. The highest BCUT2D eigenvalue weighted by atomic mass is 32.2. The molecule has 0 fully saturated rings. The van der Waals surface area contributed by atoms with Gasteiger partial charge in [-0.3, -0.25) is 0 Å². The third kappa shape index (κ3) is 5.09. The zero-order valence-electron chi connectivity index (χ0n) is 13.7. The van der Waals surface area contributed by atoms with Gasteiger partial charge in [0.05, 0.1) is 31.1 Å². The smallest absolute Gasteiger partial charge is 0.240 e. The molecule has 0 atom stereocenters. The Labute approximate surface area is 129 Å². The molecule has 0 amide bonds. The van der Waals surface area contributed by atoms with E-state index in [4.69, 9.17) is 0 Å². The van der Waals surface area contributed by atoms with Crippen LogP contribution in [0.4, 0.5) is 0 Å². The lowest BCUT2D eigenvalue weighted by Crippen LogP contribution is -2.48. The summed E-state index contributed by atoms with van der Waals surface area (Å²) in [6, 6.07) is 6.95. The van der Waals surface area contributed by atoms with Crippen molar-refractivity contribution in [2.45, 2.75) is 39.0 Å². The quantitative estimate of drug-likeness (QED) is 0.562. The molecule has 0 aliphatic heterocycles. The molecule has 0 aliphatic carbocycles. The molecule has 4 nitrogen and oxygen atoms in total. The van der Waals surface area contributed by atoms with Gasteiger partial charge in [0.15, 0.2) is 0 Å². The van der Waals surface area contributed by atoms with Gasteiger partial charge < -0.3 is 4.48 Å². The van der Waals surface area contributed by atoms with Gasteiger partial charge in [-0.25, -0.2) is 13.1 Å². The van der Waals surface area contributed by atoms with Crippen LogP contribution in [0.3, 0.4) is 0 Å². The van der Waals surface area contributed by atoms with Gasteiger partial charge in [-0.2, -0.15) is 0 Å². The van der Waals surface area contributed by atoms with Gasteiger partial charge >= 0.3 is 0 Å². The molecule has 0 unspecified atom stereocenters. The van der Waals surface area contributed by atoms with Crippen molar-refractivity contribution in [2.75, 3.05) is 32.7 Å². The highest BCUT2D eigenvalue weighted by Gasteiger charge is 2.20. The maximum Gasteiger partial charge on any atom is 0.240 e. The summed E-state index contributed by atoms with van der Waals surface area (Å²) in [6.45, 7) is 13.3. The summed E-state index contributed by atoms with van der Waals surface area (Å²) in [4.78, 5) is 0.343. The number of quaternary nitrogens is 1. The maximum absolute atomic E-state index is 12.2. The fourth-order valence-corrected chi connectivity index (χ4v) is 3.64. The molecule has 0 spiro atoms. The Kier molecular flexibility index (Phi) is 6.84. The van der Waals surface area contributed by atoms with Crippen LogP contribution in [0.2, 0.25) is 0 Å². The summed E-state index contributed by atoms with van der Waals surface area (Å²) in [5, 5.41) is 0. The Bertz CT molecular complexity index is 511. The second kappa shape index (κ2) is 7.92. The summed E-state index contributed by atoms with van der Waals surface area (Å²) >= 11 is 0. The van der Waals surface area contributed by atoms with Crippen molar-refractivity contribution in [3.8, 4) is 0 Å². The van der Waals surface area contributed by atoms with Crippen LogP contribution in [0.1, 0.15) is 32.8 Å². The molecule has 0 aromatic heterocycles. The molecule has 1 aromatic rings. The lowest BCUT2D eigenvalue weighted by molar-refractivity contribution is -0.923. The van der Waals surface area contributed by atoms with E-state index in [1.807, 2.05) is 19.1 Å². The first-order valence-corrected chi connectivity index (χ1v) is 9.29. The maximum atomic E-state index is 12.2.